The van der Waals surface area contributed by atoms with Crippen molar-refractivity contribution in [1.29, 1.82) is 0 Å². The van der Waals surface area contributed by atoms with Crippen LogP contribution in [0.3, 0.4) is 0 Å². The maximum Gasteiger partial charge on any atom is 0.141 e. The first-order valence-corrected chi connectivity index (χ1v) is 8.29. The number of hydrogen-bond acceptors (Lipinski definition) is 4. The molecule has 0 saturated heterocycles. The van der Waals surface area contributed by atoms with Gasteiger partial charge in [-0.3, -0.25) is 0 Å². The van der Waals surface area contributed by atoms with Gasteiger partial charge in [0.1, 0.15) is 5.82 Å². The van der Waals surface area contributed by atoms with Crippen LogP contribution >= 0.6 is 23.1 Å². The third kappa shape index (κ3) is 4.22. The second-order valence-corrected chi connectivity index (χ2v) is 6.09. The van der Waals surface area contributed by atoms with Crippen LogP contribution in [0, 0.1) is 5.82 Å². The molecule has 0 bridgehead atoms. The van der Waals surface area contributed by atoms with Crippen LogP contribution in [0.4, 0.5) is 4.39 Å². The molecule has 1 atom stereocenters. The summed E-state index contributed by atoms with van der Waals surface area (Å²) >= 11 is 7.30. The minimum atomic E-state index is -0.382. The highest BCUT2D eigenvalue weighted by molar-refractivity contribution is 7.05. The average Bonchev–Trinajstić information content (AvgIpc) is 2.95. The van der Waals surface area contributed by atoms with Crippen molar-refractivity contribution >= 4 is 23.1 Å². The van der Waals surface area contributed by atoms with Gasteiger partial charge in [0, 0.05) is 6.04 Å². The summed E-state index contributed by atoms with van der Waals surface area (Å²) in [5, 5.41) is 7.87. The molecule has 0 aliphatic rings. The zero-order valence-electron chi connectivity index (χ0n) is 12.2. The number of benzene rings is 1. The summed E-state index contributed by atoms with van der Waals surface area (Å²) in [6.07, 6.45) is 2.66. The van der Waals surface area contributed by atoms with E-state index in [4.69, 9.17) is 11.6 Å². The normalized spacial score (nSPS) is 12.6. The summed E-state index contributed by atoms with van der Waals surface area (Å²) in [6.45, 7) is 5.12. The number of aryl methyl sites for hydroxylation is 1. The first-order chi connectivity index (χ1) is 10.2. The van der Waals surface area contributed by atoms with Crippen molar-refractivity contribution in [1.82, 2.24) is 14.9 Å². The minimum absolute atomic E-state index is 0.140. The van der Waals surface area contributed by atoms with E-state index in [1.807, 2.05) is 0 Å². The van der Waals surface area contributed by atoms with Gasteiger partial charge in [-0.05, 0) is 55.0 Å². The average molecular weight is 328 g/mol. The number of rotatable bonds is 7. The zero-order valence-corrected chi connectivity index (χ0v) is 13.8. The number of halogens is 2. The Balaban J connectivity index is 2.21. The van der Waals surface area contributed by atoms with Gasteiger partial charge >= 0.3 is 0 Å². The van der Waals surface area contributed by atoms with Crippen molar-refractivity contribution in [3.05, 3.63) is 45.2 Å². The molecule has 21 heavy (non-hydrogen) atoms. The van der Waals surface area contributed by atoms with Crippen molar-refractivity contribution in [2.24, 2.45) is 0 Å². The molecule has 0 amide bonds. The lowest BCUT2D eigenvalue weighted by Gasteiger charge is -2.18. The van der Waals surface area contributed by atoms with Gasteiger partial charge < -0.3 is 5.32 Å². The van der Waals surface area contributed by atoms with E-state index in [9.17, 15) is 4.39 Å². The van der Waals surface area contributed by atoms with E-state index >= 15 is 0 Å². The summed E-state index contributed by atoms with van der Waals surface area (Å²) in [6, 6.07) is 5.03. The third-order valence-corrected chi connectivity index (χ3v) is 4.47. The molecular formula is C15H19ClFN3S. The maximum atomic E-state index is 13.3. The van der Waals surface area contributed by atoms with Gasteiger partial charge in [-0.2, -0.15) is 0 Å². The Morgan fingerprint density at radius 1 is 1.38 bits per heavy atom. The topological polar surface area (TPSA) is 37.8 Å². The molecular weight excluding hydrogens is 309 g/mol. The Bertz CT molecular complexity index is 588. The lowest BCUT2D eigenvalue weighted by atomic mass is 10.0. The quantitative estimate of drug-likeness (QED) is 0.829. The second-order valence-electron chi connectivity index (χ2n) is 4.90. The lowest BCUT2D eigenvalue weighted by Crippen LogP contribution is -2.24. The van der Waals surface area contributed by atoms with E-state index in [0.29, 0.717) is 0 Å². The van der Waals surface area contributed by atoms with E-state index in [-0.39, 0.29) is 16.9 Å². The Morgan fingerprint density at radius 3 is 2.86 bits per heavy atom. The highest BCUT2D eigenvalue weighted by Gasteiger charge is 2.19. The van der Waals surface area contributed by atoms with Gasteiger partial charge in [0.25, 0.3) is 0 Å². The molecule has 1 aromatic heterocycles. The molecule has 3 nitrogen and oxygen atoms in total. The van der Waals surface area contributed by atoms with Crippen LogP contribution < -0.4 is 5.32 Å². The van der Waals surface area contributed by atoms with Gasteiger partial charge in [0.15, 0.2) is 0 Å². The first kappa shape index (κ1) is 16.3. The molecule has 2 aromatic rings. The minimum Gasteiger partial charge on any atom is -0.309 e. The largest absolute Gasteiger partial charge is 0.309 e. The molecule has 1 unspecified atom stereocenters. The maximum absolute atomic E-state index is 13.3. The van der Waals surface area contributed by atoms with Crippen LogP contribution in [0.5, 0.6) is 0 Å². The van der Waals surface area contributed by atoms with Crippen molar-refractivity contribution in [3.8, 4) is 0 Å². The summed E-state index contributed by atoms with van der Waals surface area (Å²) < 4.78 is 17.3. The fourth-order valence-corrected chi connectivity index (χ4v) is 3.22. The molecule has 0 saturated carbocycles. The van der Waals surface area contributed by atoms with Crippen molar-refractivity contribution in [2.45, 2.75) is 39.2 Å². The predicted molar refractivity (Wildman–Crippen MR) is 85.4 cm³/mol. The molecule has 6 heteroatoms. The first-order valence-electron chi connectivity index (χ1n) is 7.14. The Kier molecular flexibility index (Phi) is 6.08. The Hall–Kier alpha value is -1.04. The highest BCUT2D eigenvalue weighted by Crippen LogP contribution is 2.26. The summed E-state index contributed by atoms with van der Waals surface area (Å²) in [7, 11) is 0. The fourth-order valence-electron chi connectivity index (χ4n) is 2.20. The molecule has 1 heterocycles. The van der Waals surface area contributed by atoms with E-state index in [2.05, 4.69) is 28.8 Å². The molecule has 0 aliphatic carbocycles. The molecule has 0 fully saturated rings. The van der Waals surface area contributed by atoms with E-state index in [0.717, 1.165) is 41.9 Å². The zero-order chi connectivity index (χ0) is 15.2. The van der Waals surface area contributed by atoms with Crippen LogP contribution in [-0.4, -0.2) is 16.1 Å². The third-order valence-electron chi connectivity index (χ3n) is 3.30. The SMILES string of the molecule is CCCNC(Cc1ccc(F)c(Cl)c1)c1snnc1CC. The van der Waals surface area contributed by atoms with Gasteiger partial charge in [0.05, 0.1) is 15.6 Å². The monoisotopic (exact) mass is 327 g/mol. The Morgan fingerprint density at radius 2 is 2.19 bits per heavy atom. The van der Waals surface area contributed by atoms with E-state index < -0.39 is 0 Å². The van der Waals surface area contributed by atoms with Crippen LogP contribution in [0.2, 0.25) is 5.02 Å². The molecule has 0 radical (unpaired) electrons. The Labute approximate surface area is 133 Å². The number of nitrogens with zero attached hydrogens (tertiary/aromatic N) is 2. The van der Waals surface area contributed by atoms with Crippen molar-refractivity contribution < 1.29 is 4.39 Å². The second kappa shape index (κ2) is 7.82. The van der Waals surface area contributed by atoms with Crippen molar-refractivity contribution in [2.75, 3.05) is 6.54 Å². The predicted octanol–water partition coefficient (Wildman–Crippen LogP) is 4.18. The van der Waals surface area contributed by atoms with Crippen LogP contribution in [-0.2, 0) is 12.8 Å². The smallest absolute Gasteiger partial charge is 0.141 e. The number of aromatic nitrogens is 2. The molecule has 114 valence electrons. The van der Waals surface area contributed by atoms with Gasteiger partial charge in [-0.1, -0.05) is 36.0 Å². The van der Waals surface area contributed by atoms with Gasteiger partial charge in [0.2, 0.25) is 0 Å². The molecule has 0 aliphatic heterocycles. The highest BCUT2D eigenvalue weighted by atomic mass is 35.5. The number of nitrogens with one attached hydrogen (secondary N) is 1. The van der Waals surface area contributed by atoms with Gasteiger partial charge in [-0.15, -0.1) is 5.10 Å². The standard InChI is InChI=1S/C15H19ClFN3S/c1-3-7-18-14(15-13(4-2)19-20-21-15)9-10-5-6-12(17)11(16)8-10/h5-6,8,14,18H,3-4,7,9H2,1-2H3. The van der Waals surface area contributed by atoms with E-state index in [1.54, 1.807) is 12.1 Å². The van der Waals surface area contributed by atoms with Crippen LogP contribution in [0.15, 0.2) is 18.2 Å². The van der Waals surface area contributed by atoms with Gasteiger partial charge in [-0.25, -0.2) is 4.39 Å². The summed E-state index contributed by atoms with van der Waals surface area (Å²) in [5.41, 5.74) is 2.03. The molecule has 1 aromatic carbocycles. The van der Waals surface area contributed by atoms with Crippen molar-refractivity contribution in [3.63, 3.8) is 0 Å². The summed E-state index contributed by atoms with van der Waals surface area (Å²) in [5.74, 6) is -0.382. The van der Waals surface area contributed by atoms with Crippen LogP contribution in [0.1, 0.15) is 42.4 Å². The summed E-state index contributed by atoms with van der Waals surface area (Å²) in [4.78, 5) is 1.16. The molecule has 0 spiro atoms. The number of hydrogen-bond donors (Lipinski definition) is 1. The van der Waals surface area contributed by atoms with E-state index in [1.165, 1.54) is 17.6 Å². The fraction of sp³-hybridized carbons (Fsp3) is 0.467. The molecule has 2 rings (SSSR count). The van der Waals surface area contributed by atoms with Crippen LogP contribution in [0.25, 0.3) is 0 Å². The lowest BCUT2D eigenvalue weighted by molar-refractivity contribution is 0.531. The molecule has 1 N–H and O–H groups in total.